The van der Waals surface area contributed by atoms with Crippen LogP contribution in [-0.4, -0.2) is 67.5 Å². The summed E-state index contributed by atoms with van der Waals surface area (Å²) in [6.07, 6.45) is 3.59. The zero-order valence-electron chi connectivity index (χ0n) is 15.3. The number of hydrogen-bond donors (Lipinski definition) is 1. The summed E-state index contributed by atoms with van der Waals surface area (Å²) in [6.45, 7) is 2.04. The molecule has 142 valence electrons. The molecule has 2 heterocycles. The minimum atomic E-state index is -0.401. The number of ether oxygens (including phenoxy) is 1. The van der Waals surface area contributed by atoms with E-state index in [-0.39, 0.29) is 11.8 Å². The van der Waals surface area contributed by atoms with Crippen molar-refractivity contribution in [1.82, 2.24) is 15.1 Å². The van der Waals surface area contributed by atoms with Crippen molar-refractivity contribution >= 4 is 23.4 Å². The molecule has 2 amide bonds. The number of carbonyl (C=O) groups is 2. The third kappa shape index (κ3) is 3.81. The van der Waals surface area contributed by atoms with Crippen LogP contribution in [0.25, 0.3) is 0 Å². The first-order valence-corrected chi connectivity index (χ1v) is 9.53. The fraction of sp³-hybridized carbons (Fsp3) is 0.579. The van der Waals surface area contributed by atoms with Gasteiger partial charge in [0.1, 0.15) is 11.8 Å². The van der Waals surface area contributed by atoms with Gasteiger partial charge in [-0.25, -0.2) is 0 Å². The number of rotatable bonds is 4. The van der Waals surface area contributed by atoms with Crippen molar-refractivity contribution in [3.8, 4) is 5.75 Å². The van der Waals surface area contributed by atoms with Crippen LogP contribution in [0.3, 0.4) is 0 Å². The second-order valence-corrected chi connectivity index (χ2v) is 7.35. The van der Waals surface area contributed by atoms with E-state index in [0.717, 1.165) is 25.8 Å². The molecule has 6 nitrogen and oxygen atoms in total. The van der Waals surface area contributed by atoms with Crippen LogP contribution in [-0.2, 0) is 4.79 Å². The first kappa shape index (κ1) is 19.0. The Kier molecular flexibility index (Phi) is 6.04. The van der Waals surface area contributed by atoms with Gasteiger partial charge < -0.3 is 19.9 Å². The van der Waals surface area contributed by atoms with Crippen LogP contribution in [0.1, 0.15) is 36.0 Å². The maximum absolute atomic E-state index is 13.1. The predicted octanol–water partition coefficient (Wildman–Crippen LogP) is 2.16. The molecule has 2 saturated heterocycles. The van der Waals surface area contributed by atoms with Gasteiger partial charge in [0.15, 0.2) is 0 Å². The highest BCUT2D eigenvalue weighted by molar-refractivity contribution is 6.31. The first-order chi connectivity index (χ1) is 12.5. The summed E-state index contributed by atoms with van der Waals surface area (Å²) in [6, 6.07) is 4.91. The highest BCUT2D eigenvalue weighted by Crippen LogP contribution is 2.28. The van der Waals surface area contributed by atoms with Gasteiger partial charge in [0.25, 0.3) is 5.91 Å². The summed E-state index contributed by atoms with van der Waals surface area (Å²) in [5.74, 6) is 0.338. The maximum Gasteiger partial charge on any atom is 0.258 e. The van der Waals surface area contributed by atoms with E-state index in [0.29, 0.717) is 41.9 Å². The number of amides is 2. The van der Waals surface area contributed by atoms with Gasteiger partial charge in [0, 0.05) is 30.7 Å². The van der Waals surface area contributed by atoms with Gasteiger partial charge in [-0.05, 0) is 50.9 Å². The maximum atomic E-state index is 13.1. The molecule has 1 aromatic rings. The first-order valence-electron chi connectivity index (χ1n) is 9.15. The van der Waals surface area contributed by atoms with Gasteiger partial charge in [0.05, 0.1) is 12.7 Å². The molecule has 0 spiro atoms. The van der Waals surface area contributed by atoms with Crippen LogP contribution in [0.15, 0.2) is 18.2 Å². The summed E-state index contributed by atoms with van der Waals surface area (Å²) in [7, 11) is 3.45. The molecule has 0 aromatic heterocycles. The van der Waals surface area contributed by atoms with E-state index < -0.39 is 6.04 Å². The Balaban J connectivity index is 1.78. The number of likely N-dealkylation sites (tertiary alicyclic amines) is 2. The van der Waals surface area contributed by atoms with Crippen LogP contribution >= 0.6 is 11.6 Å². The number of methoxy groups -OCH3 is 1. The van der Waals surface area contributed by atoms with Gasteiger partial charge in [-0.15, -0.1) is 0 Å². The molecule has 0 bridgehead atoms. The highest BCUT2D eigenvalue weighted by atomic mass is 35.5. The third-order valence-electron chi connectivity index (χ3n) is 5.33. The van der Waals surface area contributed by atoms with Crippen molar-refractivity contribution in [1.29, 1.82) is 0 Å². The highest BCUT2D eigenvalue weighted by Gasteiger charge is 2.38. The summed E-state index contributed by atoms with van der Waals surface area (Å²) in [5.41, 5.74) is 0.409. The zero-order valence-corrected chi connectivity index (χ0v) is 16.1. The fourth-order valence-corrected chi connectivity index (χ4v) is 4.06. The smallest absolute Gasteiger partial charge is 0.258 e. The van der Waals surface area contributed by atoms with E-state index in [1.807, 2.05) is 11.9 Å². The second kappa shape index (κ2) is 8.27. The lowest BCUT2D eigenvalue weighted by atomic mass is 10.0. The summed E-state index contributed by atoms with van der Waals surface area (Å²) in [4.78, 5) is 29.8. The van der Waals surface area contributed by atoms with Crippen molar-refractivity contribution in [2.45, 2.75) is 37.8 Å². The normalized spacial score (nSPS) is 23.2. The quantitative estimate of drug-likeness (QED) is 0.870. The molecular weight excluding hydrogens is 354 g/mol. The van der Waals surface area contributed by atoms with Gasteiger partial charge in [-0.1, -0.05) is 11.6 Å². The second-order valence-electron chi connectivity index (χ2n) is 6.91. The summed E-state index contributed by atoms with van der Waals surface area (Å²) >= 11 is 6.07. The van der Waals surface area contributed by atoms with Crippen LogP contribution in [0.5, 0.6) is 5.75 Å². The Labute approximate surface area is 159 Å². The number of nitrogens with zero attached hydrogens (tertiary/aromatic N) is 2. The monoisotopic (exact) mass is 379 g/mol. The summed E-state index contributed by atoms with van der Waals surface area (Å²) < 4.78 is 5.31. The van der Waals surface area contributed by atoms with Gasteiger partial charge in [-0.2, -0.15) is 0 Å². The predicted molar refractivity (Wildman–Crippen MR) is 101 cm³/mol. The van der Waals surface area contributed by atoms with Crippen LogP contribution < -0.4 is 10.1 Å². The van der Waals surface area contributed by atoms with Crippen LogP contribution in [0.2, 0.25) is 5.02 Å². The topological polar surface area (TPSA) is 61.9 Å². The molecule has 2 aliphatic heterocycles. The zero-order chi connectivity index (χ0) is 18.7. The molecule has 26 heavy (non-hydrogen) atoms. The number of hydrogen-bond acceptors (Lipinski definition) is 4. The lowest BCUT2D eigenvalue weighted by molar-refractivity contribution is -0.136. The number of likely N-dealkylation sites (N-methyl/N-ethyl adjacent to an activating group) is 1. The molecule has 2 unspecified atom stereocenters. The lowest BCUT2D eigenvalue weighted by Gasteiger charge is -2.36. The third-order valence-corrected chi connectivity index (χ3v) is 5.57. The van der Waals surface area contributed by atoms with Gasteiger partial charge in [-0.3, -0.25) is 9.59 Å². The Morgan fingerprint density at radius 2 is 2.00 bits per heavy atom. The average molecular weight is 380 g/mol. The Bertz CT molecular complexity index is 682. The fourth-order valence-electron chi connectivity index (χ4n) is 3.89. The van der Waals surface area contributed by atoms with Crippen LogP contribution in [0.4, 0.5) is 0 Å². The Hall–Kier alpha value is -1.79. The minimum Gasteiger partial charge on any atom is -0.496 e. The van der Waals surface area contributed by atoms with E-state index in [9.17, 15) is 9.59 Å². The number of halogens is 1. The average Bonchev–Trinajstić information content (AvgIpc) is 3.16. The van der Waals surface area contributed by atoms with Crippen molar-refractivity contribution < 1.29 is 14.3 Å². The molecule has 2 fully saturated rings. The molecule has 1 N–H and O–H groups in total. The number of nitrogens with one attached hydrogen (secondary N) is 1. The molecule has 0 radical (unpaired) electrons. The van der Waals surface area contributed by atoms with E-state index in [1.165, 1.54) is 7.11 Å². The standard InChI is InChI=1S/C19H26ClN3O3/c1-21-14-5-3-9-22(12-14)19(25)16-6-4-10-23(16)18(24)15-11-13(20)7-8-17(15)26-2/h7-8,11,14,16,21H,3-6,9-10,12H2,1-2H3. The van der Waals surface area contributed by atoms with E-state index in [4.69, 9.17) is 16.3 Å². The summed E-state index contributed by atoms with van der Waals surface area (Å²) in [5, 5.41) is 3.73. The number of benzene rings is 1. The minimum absolute atomic E-state index is 0.0526. The molecule has 7 heteroatoms. The molecular formula is C19H26ClN3O3. The molecule has 2 aliphatic rings. The van der Waals surface area contributed by atoms with Gasteiger partial charge >= 0.3 is 0 Å². The van der Waals surface area contributed by atoms with Crippen molar-refractivity contribution in [2.24, 2.45) is 0 Å². The van der Waals surface area contributed by atoms with Crippen LogP contribution in [0, 0.1) is 0 Å². The number of carbonyl (C=O) groups excluding carboxylic acids is 2. The largest absolute Gasteiger partial charge is 0.496 e. The number of piperidine rings is 1. The molecule has 3 rings (SSSR count). The molecule has 0 aliphatic carbocycles. The van der Waals surface area contributed by atoms with Crippen molar-refractivity contribution in [3.63, 3.8) is 0 Å². The lowest BCUT2D eigenvalue weighted by Crippen LogP contribution is -2.53. The van der Waals surface area contributed by atoms with Crippen molar-refractivity contribution in [2.75, 3.05) is 33.8 Å². The van der Waals surface area contributed by atoms with Gasteiger partial charge in [0.2, 0.25) is 5.91 Å². The SMILES string of the molecule is CNC1CCCN(C(=O)C2CCCN2C(=O)c2cc(Cl)ccc2OC)C1. The van der Waals surface area contributed by atoms with Crippen molar-refractivity contribution in [3.05, 3.63) is 28.8 Å². The van der Waals surface area contributed by atoms with E-state index in [1.54, 1.807) is 23.1 Å². The Morgan fingerprint density at radius 1 is 1.23 bits per heavy atom. The van der Waals surface area contributed by atoms with E-state index in [2.05, 4.69) is 5.32 Å². The Morgan fingerprint density at radius 3 is 2.73 bits per heavy atom. The molecule has 0 saturated carbocycles. The molecule has 2 atom stereocenters. The molecule has 1 aromatic carbocycles. The van der Waals surface area contributed by atoms with E-state index >= 15 is 0 Å².